The van der Waals surface area contributed by atoms with E-state index in [-0.39, 0.29) is 23.8 Å². The lowest BCUT2D eigenvalue weighted by Gasteiger charge is -2.63. The maximum absolute atomic E-state index is 12.5. The summed E-state index contributed by atoms with van der Waals surface area (Å²) in [5, 5.41) is 69.9. The Morgan fingerprint density at radius 1 is 0.886 bits per heavy atom. The molecular weight excluding hydrogens is 450 g/mol. The highest BCUT2D eigenvalue weighted by atomic mass is 16.7. The Balaban J connectivity index is 1.35. The van der Waals surface area contributed by atoms with Crippen LogP contribution in [0.25, 0.3) is 0 Å². The Kier molecular flexibility index (Phi) is 4.62. The van der Waals surface area contributed by atoms with Crippen molar-refractivity contribution in [3.8, 4) is 0 Å². The van der Waals surface area contributed by atoms with Crippen LogP contribution in [0.3, 0.4) is 0 Å². The average Bonchev–Trinajstić information content (AvgIpc) is 3.04. The van der Waals surface area contributed by atoms with Gasteiger partial charge in [0, 0.05) is 42.3 Å². The Bertz CT molecular complexity index is 931. The highest BCUT2D eigenvalue weighted by molar-refractivity contribution is 5.31. The summed E-state index contributed by atoms with van der Waals surface area (Å²) in [4.78, 5) is 2.36. The van der Waals surface area contributed by atoms with Crippen molar-refractivity contribution in [2.45, 2.75) is 113 Å². The van der Waals surface area contributed by atoms with Crippen LogP contribution in [-0.4, -0.2) is 95.6 Å². The first-order chi connectivity index (χ1) is 16.3. The molecule has 0 aromatic carbocycles. The van der Waals surface area contributed by atoms with Crippen LogP contribution < -0.4 is 0 Å². The number of aliphatic hydroxyl groups is 6. The van der Waals surface area contributed by atoms with E-state index in [4.69, 9.17) is 4.74 Å². The summed E-state index contributed by atoms with van der Waals surface area (Å²) in [6.07, 6.45) is 1.05. The van der Waals surface area contributed by atoms with Gasteiger partial charge in [0.1, 0.15) is 17.8 Å². The second-order valence-corrected chi connectivity index (χ2v) is 14.1. The number of rotatable bonds is 0. The van der Waals surface area contributed by atoms with Gasteiger partial charge in [0.05, 0.1) is 17.3 Å². The smallest absolute Gasteiger partial charge is 0.196 e. The SMILES string of the molecule is C[C@H]1CC[C@@H]2N(C1)C[C@@H]1[C@H]([C@@H](O)[C@H](O)[C@]3(O)[C@H]1C[C@@]14O[C@]5(O)[C@@H](CC[C@@H]31)[C@]4(C)CC[C@@H]5O)[C@]2(C)O. The Morgan fingerprint density at radius 2 is 1.60 bits per heavy atom. The third-order valence-electron chi connectivity index (χ3n) is 12.8. The van der Waals surface area contributed by atoms with E-state index in [2.05, 4.69) is 18.7 Å². The maximum Gasteiger partial charge on any atom is 0.196 e. The number of piperidine rings is 2. The molecule has 6 N–H and O–H groups in total. The van der Waals surface area contributed by atoms with Crippen molar-refractivity contribution in [3.63, 3.8) is 0 Å². The molecule has 7 rings (SSSR count). The van der Waals surface area contributed by atoms with Crippen molar-refractivity contribution in [2.75, 3.05) is 13.1 Å². The van der Waals surface area contributed by atoms with Crippen molar-refractivity contribution in [1.82, 2.24) is 4.90 Å². The summed E-state index contributed by atoms with van der Waals surface area (Å²) >= 11 is 0. The quantitative estimate of drug-likeness (QED) is 0.282. The second kappa shape index (κ2) is 6.81. The summed E-state index contributed by atoms with van der Waals surface area (Å²) in [6, 6.07) is -0.0745. The van der Waals surface area contributed by atoms with E-state index < -0.39 is 58.2 Å². The number of ether oxygens (including phenoxy) is 1. The first-order valence-corrected chi connectivity index (χ1v) is 14.0. The predicted octanol–water partition coefficient (Wildman–Crippen LogP) is 0.215. The zero-order chi connectivity index (χ0) is 24.9. The van der Waals surface area contributed by atoms with Gasteiger partial charge in [0.25, 0.3) is 0 Å². The number of aliphatic hydroxyl groups excluding tert-OH is 3. The van der Waals surface area contributed by atoms with Gasteiger partial charge in [-0.15, -0.1) is 0 Å². The molecule has 0 aromatic rings. The molecule has 3 saturated heterocycles. The zero-order valence-electron chi connectivity index (χ0n) is 21.2. The molecule has 7 fully saturated rings. The molecule has 7 aliphatic rings. The first kappa shape index (κ1) is 23.8. The predicted molar refractivity (Wildman–Crippen MR) is 125 cm³/mol. The van der Waals surface area contributed by atoms with Crippen LogP contribution >= 0.6 is 0 Å². The number of hydrogen-bond acceptors (Lipinski definition) is 8. The minimum Gasteiger partial charge on any atom is -0.390 e. The summed E-state index contributed by atoms with van der Waals surface area (Å²) in [5.74, 6) is -2.93. The van der Waals surface area contributed by atoms with Crippen molar-refractivity contribution >= 4 is 0 Å². The third kappa shape index (κ3) is 2.44. The van der Waals surface area contributed by atoms with Crippen molar-refractivity contribution in [2.24, 2.45) is 40.9 Å². The molecule has 3 aliphatic heterocycles. The lowest BCUT2D eigenvalue weighted by atomic mass is 9.49. The van der Waals surface area contributed by atoms with E-state index in [1.807, 2.05) is 6.92 Å². The monoisotopic (exact) mass is 493 g/mol. The lowest BCUT2D eigenvalue weighted by molar-refractivity contribution is -0.290. The second-order valence-electron chi connectivity index (χ2n) is 14.1. The standard InChI is InChI=1S/C27H43NO7/c1-13-4-7-18-24(3,32)20-14(12-28(18)11-13)15-10-25-17(26(15,33)22(31)21(20)30)6-5-16-23(25,2)9-8-19(29)27(16,34)35-25/h13-22,29-34H,4-12H2,1-3H3/t13-,14-,15-,16-,17+,18-,19-,20+,21+,22-,23-,24+,25+,26-,27+/m0/s1. The van der Waals surface area contributed by atoms with Crippen LogP contribution in [0.5, 0.6) is 0 Å². The highest BCUT2D eigenvalue weighted by Crippen LogP contribution is 2.76. The summed E-state index contributed by atoms with van der Waals surface area (Å²) in [7, 11) is 0. The van der Waals surface area contributed by atoms with Crippen LogP contribution in [0.4, 0.5) is 0 Å². The van der Waals surface area contributed by atoms with Crippen LogP contribution in [0.2, 0.25) is 0 Å². The third-order valence-corrected chi connectivity index (χ3v) is 12.8. The Morgan fingerprint density at radius 3 is 2.34 bits per heavy atom. The van der Waals surface area contributed by atoms with Crippen molar-refractivity contribution in [1.29, 1.82) is 0 Å². The Labute approximate surface area is 207 Å². The van der Waals surface area contributed by atoms with E-state index >= 15 is 0 Å². The van der Waals surface area contributed by atoms with Gasteiger partial charge in [-0.25, -0.2) is 0 Å². The van der Waals surface area contributed by atoms with Gasteiger partial charge in [-0.3, -0.25) is 4.90 Å². The van der Waals surface area contributed by atoms with E-state index in [9.17, 15) is 30.6 Å². The van der Waals surface area contributed by atoms with E-state index in [1.165, 1.54) is 0 Å². The minimum atomic E-state index is -1.64. The summed E-state index contributed by atoms with van der Waals surface area (Å²) in [6.45, 7) is 7.73. The molecule has 35 heavy (non-hydrogen) atoms. The van der Waals surface area contributed by atoms with E-state index in [0.29, 0.717) is 44.6 Å². The van der Waals surface area contributed by atoms with Gasteiger partial charge in [-0.1, -0.05) is 13.8 Å². The molecule has 0 aromatic heterocycles. The molecule has 15 atom stereocenters. The molecule has 198 valence electrons. The van der Waals surface area contributed by atoms with Crippen molar-refractivity contribution < 1.29 is 35.4 Å². The van der Waals surface area contributed by atoms with Gasteiger partial charge in [0.15, 0.2) is 5.79 Å². The maximum atomic E-state index is 12.5. The molecule has 8 nitrogen and oxygen atoms in total. The van der Waals surface area contributed by atoms with Gasteiger partial charge in [-0.2, -0.15) is 0 Å². The molecule has 0 radical (unpaired) electrons. The van der Waals surface area contributed by atoms with E-state index in [0.717, 1.165) is 19.4 Å². The lowest BCUT2D eigenvalue weighted by Crippen LogP contribution is -2.76. The number of fused-ring (bicyclic) bond motifs is 5. The molecule has 4 saturated carbocycles. The van der Waals surface area contributed by atoms with Gasteiger partial charge in [0.2, 0.25) is 0 Å². The fourth-order valence-corrected chi connectivity index (χ4v) is 11.4. The average molecular weight is 494 g/mol. The van der Waals surface area contributed by atoms with Gasteiger partial charge >= 0.3 is 0 Å². The van der Waals surface area contributed by atoms with Gasteiger partial charge < -0.3 is 35.4 Å². The Hall–Kier alpha value is -0.320. The van der Waals surface area contributed by atoms with Gasteiger partial charge in [-0.05, 0) is 69.6 Å². The number of hydrogen-bond donors (Lipinski definition) is 6. The molecule has 3 heterocycles. The zero-order valence-corrected chi connectivity index (χ0v) is 21.2. The molecule has 0 unspecified atom stereocenters. The van der Waals surface area contributed by atoms with Crippen LogP contribution in [0.15, 0.2) is 0 Å². The normalized spacial score (nSPS) is 67.5. The minimum absolute atomic E-state index is 0.0745. The fraction of sp³-hybridized carbons (Fsp3) is 1.00. The molecule has 4 aliphatic carbocycles. The number of nitrogens with zero attached hydrogens (tertiary/aromatic N) is 1. The molecule has 0 amide bonds. The van der Waals surface area contributed by atoms with Crippen molar-refractivity contribution in [3.05, 3.63) is 0 Å². The first-order valence-electron chi connectivity index (χ1n) is 14.0. The molecule has 8 heteroatoms. The summed E-state index contributed by atoms with van der Waals surface area (Å²) in [5.41, 5.74) is -4.08. The van der Waals surface area contributed by atoms with Crippen LogP contribution in [-0.2, 0) is 4.74 Å². The summed E-state index contributed by atoms with van der Waals surface area (Å²) < 4.78 is 6.60. The van der Waals surface area contributed by atoms with Crippen LogP contribution in [0.1, 0.15) is 65.7 Å². The van der Waals surface area contributed by atoms with E-state index in [1.54, 1.807) is 0 Å². The topological polar surface area (TPSA) is 134 Å². The van der Waals surface area contributed by atoms with Crippen LogP contribution in [0, 0.1) is 40.9 Å². The fourth-order valence-electron chi connectivity index (χ4n) is 11.4. The molecule has 1 spiro atoms. The highest BCUT2D eigenvalue weighted by Gasteiger charge is 2.84. The largest absolute Gasteiger partial charge is 0.390 e. The molecule has 4 bridgehead atoms. The molecular formula is C27H43NO7.